The summed E-state index contributed by atoms with van der Waals surface area (Å²) in [5, 5.41) is 0. The summed E-state index contributed by atoms with van der Waals surface area (Å²) in [7, 11) is 2.22. The van der Waals surface area contributed by atoms with E-state index in [2.05, 4.69) is 50.6 Å². The summed E-state index contributed by atoms with van der Waals surface area (Å²) in [5.41, 5.74) is 2.29. The Balaban J connectivity index is 1.93. The van der Waals surface area contributed by atoms with E-state index in [-0.39, 0.29) is 0 Å². The quantitative estimate of drug-likeness (QED) is 0.761. The maximum atomic E-state index is 5.96. The molecule has 1 fully saturated rings. The number of hydrogen-bond acceptors (Lipinski definition) is 2. The normalized spacial score (nSPS) is 20.2. The topological polar surface area (TPSA) is 21.1 Å². The fourth-order valence-corrected chi connectivity index (χ4v) is 3.83. The lowest BCUT2D eigenvalue weighted by Crippen LogP contribution is -2.34. The summed E-state index contributed by atoms with van der Waals surface area (Å²) in [5.74, 6) is 2.44. The third kappa shape index (κ3) is 3.43. The van der Waals surface area contributed by atoms with Gasteiger partial charge in [0.15, 0.2) is 0 Å². The number of benzene rings is 1. The highest BCUT2D eigenvalue weighted by Gasteiger charge is 2.20. The summed E-state index contributed by atoms with van der Waals surface area (Å²) in [6.45, 7) is 3.45. The molecule has 1 aliphatic heterocycles. The molecule has 1 aliphatic rings. The minimum absolute atomic E-state index is 0.620. The van der Waals surface area contributed by atoms with Gasteiger partial charge in [-0.15, -0.1) is 11.6 Å². The number of nitrogens with zero attached hydrogens (tertiary/aromatic N) is 3. The average molecular weight is 371 g/mol. The Labute approximate surface area is 139 Å². The van der Waals surface area contributed by atoms with Crippen LogP contribution in [0.3, 0.4) is 0 Å². The number of piperidine rings is 1. The minimum Gasteiger partial charge on any atom is -0.328 e. The number of imidazole rings is 1. The first-order chi connectivity index (χ1) is 10.2. The fraction of sp³-hybridized carbons (Fsp3) is 0.562. The second kappa shape index (κ2) is 6.67. The number of aromatic nitrogens is 2. The molecule has 1 unspecified atom stereocenters. The van der Waals surface area contributed by atoms with Crippen molar-refractivity contribution in [2.45, 2.75) is 25.8 Å². The zero-order valence-corrected chi connectivity index (χ0v) is 14.7. The molecular formula is C16H21BrClN3. The van der Waals surface area contributed by atoms with Crippen LogP contribution in [0.2, 0.25) is 0 Å². The maximum Gasteiger partial charge on any atom is 0.111 e. The molecule has 5 heteroatoms. The van der Waals surface area contributed by atoms with Gasteiger partial charge >= 0.3 is 0 Å². The van der Waals surface area contributed by atoms with Gasteiger partial charge in [0.05, 0.1) is 11.0 Å². The average Bonchev–Trinajstić information content (AvgIpc) is 2.76. The molecule has 0 bridgehead atoms. The van der Waals surface area contributed by atoms with Crippen LogP contribution in [-0.2, 0) is 13.0 Å². The van der Waals surface area contributed by atoms with Crippen LogP contribution in [0.25, 0.3) is 11.0 Å². The van der Waals surface area contributed by atoms with Crippen LogP contribution in [-0.4, -0.2) is 40.5 Å². The van der Waals surface area contributed by atoms with Crippen LogP contribution in [0.1, 0.15) is 18.7 Å². The van der Waals surface area contributed by atoms with Crippen LogP contribution < -0.4 is 0 Å². The number of rotatable bonds is 4. The van der Waals surface area contributed by atoms with E-state index in [1.165, 1.54) is 31.4 Å². The van der Waals surface area contributed by atoms with Gasteiger partial charge in [0.25, 0.3) is 0 Å². The molecule has 0 aliphatic carbocycles. The van der Waals surface area contributed by atoms with Gasteiger partial charge in [0, 0.05) is 29.9 Å². The monoisotopic (exact) mass is 369 g/mol. The second-order valence-corrected chi connectivity index (χ2v) is 7.27. The zero-order chi connectivity index (χ0) is 14.8. The Bertz CT molecular complexity index is 625. The number of alkyl halides is 1. The molecule has 0 amide bonds. The predicted molar refractivity (Wildman–Crippen MR) is 92.1 cm³/mol. The van der Waals surface area contributed by atoms with Crippen molar-refractivity contribution in [1.29, 1.82) is 0 Å². The SMILES string of the molecule is CN1CCCC(Cn2c(CCCl)nc3cc(Br)ccc32)C1. The minimum atomic E-state index is 0.620. The van der Waals surface area contributed by atoms with Crippen molar-refractivity contribution in [3.05, 3.63) is 28.5 Å². The summed E-state index contributed by atoms with van der Waals surface area (Å²) >= 11 is 9.49. The molecule has 114 valence electrons. The van der Waals surface area contributed by atoms with Crippen molar-refractivity contribution in [1.82, 2.24) is 14.5 Å². The van der Waals surface area contributed by atoms with Crippen LogP contribution in [0.4, 0.5) is 0 Å². The Morgan fingerprint density at radius 3 is 3.05 bits per heavy atom. The molecule has 3 nitrogen and oxygen atoms in total. The van der Waals surface area contributed by atoms with Crippen molar-refractivity contribution in [3.63, 3.8) is 0 Å². The Morgan fingerprint density at radius 1 is 1.43 bits per heavy atom. The van der Waals surface area contributed by atoms with E-state index in [0.717, 1.165) is 28.8 Å². The standard InChI is InChI=1S/C16H21BrClN3/c1-20-8-2-3-12(10-20)11-21-15-5-4-13(17)9-14(15)19-16(21)6-7-18/h4-5,9,12H,2-3,6-8,10-11H2,1H3. The number of halogens is 2. The van der Waals surface area contributed by atoms with E-state index in [1.54, 1.807) is 0 Å². The molecule has 2 heterocycles. The molecule has 21 heavy (non-hydrogen) atoms. The summed E-state index contributed by atoms with van der Waals surface area (Å²) in [6, 6.07) is 6.35. The highest BCUT2D eigenvalue weighted by atomic mass is 79.9. The van der Waals surface area contributed by atoms with Crippen LogP contribution in [0.5, 0.6) is 0 Å². The van der Waals surface area contributed by atoms with E-state index in [9.17, 15) is 0 Å². The number of hydrogen-bond donors (Lipinski definition) is 0. The smallest absolute Gasteiger partial charge is 0.111 e. The maximum absolute atomic E-state index is 5.96. The lowest BCUT2D eigenvalue weighted by molar-refractivity contribution is 0.194. The van der Waals surface area contributed by atoms with E-state index < -0.39 is 0 Å². The van der Waals surface area contributed by atoms with Crippen molar-refractivity contribution in [2.75, 3.05) is 26.0 Å². The molecule has 1 aromatic heterocycles. The van der Waals surface area contributed by atoms with Gasteiger partial charge in [-0.1, -0.05) is 15.9 Å². The van der Waals surface area contributed by atoms with Gasteiger partial charge in [-0.3, -0.25) is 0 Å². The molecule has 1 aromatic carbocycles. The lowest BCUT2D eigenvalue weighted by atomic mass is 9.98. The Morgan fingerprint density at radius 2 is 2.29 bits per heavy atom. The van der Waals surface area contributed by atoms with Gasteiger partial charge in [-0.05, 0) is 50.6 Å². The number of aryl methyl sites for hydroxylation is 1. The van der Waals surface area contributed by atoms with Gasteiger partial charge in [0.2, 0.25) is 0 Å². The number of likely N-dealkylation sites (tertiary alicyclic amines) is 1. The molecule has 3 rings (SSSR count). The largest absolute Gasteiger partial charge is 0.328 e. The Kier molecular flexibility index (Phi) is 4.87. The van der Waals surface area contributed by atoms with Crippen molar-refractivity contribution >= 4 is 38.6 Å². The molecule has 0 N–H and O–H groups in total. The van der Waals surface area contributed by atoms with Gasteiger partial charge in [-0.25, -0.2) is 4.98 Å². The van der Waals surface area contributed by atoms with Gasteiger partial charge < -0.3 is 9.47 Å². The fourth-order valence-electron chi connectivity index (χ4n) is 3.31. The second-order valence-electron chi connectivity index (χ2n) is 5.98. The summed E-state index contributed by atoms with van der Waals surface area (Å²) < 4.78 is 3.46. The Hall–Kier alpha value is -0.580. The molecule has 0 spiro atoms. The third-order valence-electron chi connectivity index (χ3n) is 4.27. The highest BCUT2D eigenvalue weighted by molar-refractivity contribution is 9.10. The van der Waals surface area contributed by atoms with Crippen molar-refractivity contribution < 1.29 is 0 Å². The predicted octanol–water partition coefficient (Wildman–Crippen LogP) is 3.92. The van der Waals surface area contributed by atoms with E-state index in [4.69, 9.17) is 16.6 Å². The van der Waals surface area contributed by atoms with Crippen molar-refractivity contribution in [2.24, 2.45) is 5.92 Å². The van der Waals surface area contributed by atoms with Crippen LogP contribution in [0.15, 0.2) is 22.7 Å². The molecule has 1 saturated heterocycles. The van der Waals surface area contributed by atoms with Crippen LogP contribution in [0, 0.1) is 5.92 Å². The van der Waals surface area contributed by atoms with E-state index in [0.29, 0.717) is 11.8 Å². The van der Waals surface area contributed by atoms with Crippen LogP contribution >= 0.6 is 27.5 Å². The first-order valence-corrected chi connectivity index (χ1v) is 8.89. The van der Waals surface area contributed by atoms with E-state index >= 15 is 0 Å². The first kappa shape index (κ1) is 15.3. The molecule has 0 radical (unpaired) electrons. The highest BCUT2D eigenvalue weighted by Crippen LogP contribution is 2.25. The summed E-state index contributed by atoms with van der Waals surface area (Å²) in [4.78, 5) is 7.22. The molecule has 2 aromatic rings. The number of fused-ring (bicyclic) bond motifs is 1. The molecule has 1 atom stereocenters. The van der Waals surface area contributed by atoms with Crippen molar-refractivity contribution in [3.8, 4) is 0 Å². The van der Waals surface area contributed by atoms with E-state index in [1.807, 2.05) is 0 Å². The van der Waals surface area contributed by atoms with Gasteiger partial charge in [-0.2, -0.15) is 0 Å². The zero-order valence-electron chi connectivity index (χ0n) is 12.4. The first-order valence-electron chi connectivity index (χ1n) is 7.56. The molecule has 0 saturated carbocycles. The lowest BCUT2D eigenvalue weighted by Gasteiger charge is -2.30. The summed E-state index contributed by atoms with van der Waals surface area (Å²) in [6.07, 6.45) is 3.43. The molecular weight excluding hydrogens is 350 g/mol. The van der Waals surface area contributed by atoms with Gasteiger partial charge in [0.1, 0.15) is 5.82 Å². The third-order valence-corrected chi connectivity index (χ3v) is 4.95.